The summed E-state index contributed by atoms with van der Waals surface area (Å²) in [6.07, 6.45) is 0.876. The van der Waals surface area contributed by atoms with Gasteiger partial charge in [-0.3, -0.25) is 10.1 Å². The Morgan fingerprint density at radius 1 is 1.31 bits per heavy atom. The van der Waals surface area contributed by atoms with E-state index in [1.165, 1.54) is 12.1 Å². The van der Waals surface area contributed by atoms with E-state index >= 15 is 0 Å². The number of aryl methyl sites for hydroxylation is 1. The number of hydrogen-bond donors (Lipinski definition) is 0. The summed E-state index contributed by atoms with van der Waals surface area (Å²) in [6.45, 7) is 1.61. The first kappa shape index (κ1) is 15.4. The number of hydrogen-bond acceptors (Lipinski definition) is 5. The van der Waals surface area contributed by atoms with E-state index in [-0.39, 0.29) is 41.0 Å². The van der Waals surface area contributed by atoms with E-state index in [0.717, 1.165) is 12.3 Å². The Kier molecular flexibility index (Phi) is 5.40. The molecule has 0 saturated carbocycles. The molecule has 0 spiro atoms. The van der Waals surface area contributed by atoms with Crippen LogP contribution in [0.5, 0.6) is 5.75 Å². The number of nitro groups is 1. The minimum absolute atomic E-state index is 0. The van der Waals surface area contributed by atoms with Crippen molar-refractivity contribution < 1.29 is 17.5 Å². The van der Waals surface area contributed by atoms with Gasteiger partial charge in [-0.05, 0) is 18.6 Å². The number of non-ortho nitro benzene ring substituents is 1. The Balaban J connectivity index is 0.00000225. The van der Waals surface area contributed by atoms with Crippen LogP contribution in [0.3, 0.4) is 0 Å². The monoisotopic (exact) mass is 254 g/mol. The van der Waals surface area contributed by atoms with Crippen LogP contribution in [0.1, 0.15) is 5.56 Å². The second kappa shape index (κ2) is 5.62. The van der Waals surface area contributed by atoms with Crippen molar-refractivity contribution in [2.75, 3.05) is 6.26 Å². The Bertz CT molecular complexity index is 499. The fourth-order valence-electron chi connectivity index (χ4n) is 1.06. The van der Waals surface area contributed by atoms with Gasteiger partial charge in [0.2, 0.25) is 0 Å². The summed E-state index contributed by atoms with van der Waals surface area (Å²) in [5.41, 5.74) is 0.358. The van der Waals surface area contributed by atoms with Crippen molar-refractivity contribution in [3.8, 4) is 5.75 Å². The van der Waals surface area contributed by atoms with Gasteiger partial charge in [0.05, 0.1) is 17.2 Å². The van der Waals surface area contributed by atoms with Gasteiger partial charge in [-0.15, -0.1) is 0 Å². The molecule has 6 nitrogen and oxygen atoms in total. The first-order valence-corrected chi connectivity index (χ1v) is 5.75. The molecule has 8 heteroatoms. The first-order valence-electron chi connectivity index (χ1n) is 3.93. The molecule has 0 bridgehead atoms. The maximum absolute atomic E-state index is 10.8. The van der Waals surface area contributed by atoms with Crippen LogP contribution in [0.15, 0.2) is 18.2 Å². The van der Waals surface area contributed by atoms with Gasteiger partial charge in [0, 0.05) is 35.6 Å². The van der Waals surface area contributed by atoms with Crippen molar-refractivity contribution in [2.45, 2.75) is 6.92 Å². The predicted molar refractivity (Wildman–Crippen MR) is 59.1 cm³/mol. The summed E-state index contributed by atoms with van der Waals surface area (Å²) >= 11 is 0. The quantitative estimate of drug-likeness (QED) is 0.345. The van der Waals surface area contributed by atoms with Gasteiger partial charge in [0.15, 0.2) is 0 Å². The normalized spacial score (nSPS) is 10.4. The minimum atomic E-state index is -3.66. The Labute approximate surface area is 115 Å². The average molecular weight is 254 g/mol. The van der Waals surface area contributed by atoms with E-state index in [2.05, 4.69) is 4.18 Å². The Hall–Kier alpha value is -0.630. The van der Waals surface area contributed by atoms with Gasteiger partial charge in [-0.25, -0.2) is 0 Å². The predicted octanol–water partition coefficient (Wildman–Crippen LogP) is 0.861. The van der Waals surface area contributed by atoms with Crippen molar-refractivity contribution in [1.82, 2.24) is 0 Å². The molecular weight excluding hydrogens is 245 g/mol. The number of nitro benzene ring substituents is 1. The van der Waals surface area contributed by atoms with Crippen molar-refractivity contribution in [2.24, 2.45) is 0 Å². The summed E-state index contributed by atoms with van der Waals surface area (Å²) in [4.78, 5) is 9.86. The second-order valence-electron chi connectivity index (χ2n) is 3.05. The molecule has 0 aliphatic carbocycles. The van der Waals surface area contributed by atoms with Crippen LogP contribution < -0.4 is 4.18 Å². The standard InChI is InChI=1S/C8H9NO5S.Na/c1-6-3-7(9(10)11)5-8(4-6)14-15(2,12)13;/h3-5H,1-2H3;. The zero-order chi connectivity index (χ0) is 11.6. The maximum Gasteiger partial charge on any atom is 0.306 e. The maximum atomic E-state index is 10.8. The fourth-order valence-corrected chi connectivity index (χ4v) is 1.50. The van der Waals surface area contributed by atoms with Crippen molar-refractivity contribution in [3.63, 3.8) is 0 Å². The molecule has 1 aromatic rings. The summed E-state index contributed by atoms with van der Waals surface area (Å²) in [6, 6.07) is 3.80. The molecule has 0 aliphatic rings. The van der Waals surface area contributed by atoms with Crippen molar-refractivity contribution in [1.29, 1.82) is 0 Å². The van der Waals surface area contributed by atoms with Gasteiger partial charge >= 0.3 is 10.1 Å². The molecule has 0 N–H and O–H groups in total. The summed E-state index contributed by atoms with van der Waals surface area (Å²) in [5.74, 6) is -0.0517. The molecule has 0 aliphatic heterocycles. The SMILES string of the molecule is Cc1cc(OS(C)(=O)=O)cc([N+](=O)[O-])c1.[Na]. The topological polar surface area (TPSA) is 86.5 Å². The molecule has 0 heterocycles. The third-order valence-corrected chi connectivity index (χ3v) is 1.99. The second-order valence-corrected chi connectivity index (χ2v) is 4.62. The smallest absolute Gasteiger partial charge is 0.306 e. The first-order chi connectivity index (χ1) is 6.78. The summed E-state index contributed by atoms with van der Waals surface area (Å²) in [7, 11) is -3.66. The van der Waals surface area contributed by atoms with Crippen LogP contribution in [0.4, 0.5) is 5.69 Å². The number of rotatable bonds is 3. The van der Waals surface area contributed by atoms with Crippen LogP contribution in [0.25, 0.3) is 0 Å². The van der Waals surface area contributed by atoms with Crippen LogP contribution in [-0.2, 0) is 10.1 Å². The molecule has 0 saturated heterocycles. The van der Waals surface area contributed by atoms with Crippen molar-refractivity contribution in [3.05, 3.63) is 33.9 Å². The van der Waals surface area contributed by atoms with Crippen LogP contribution in [-0.4, -0.2) is 49.2 Å². The van der Waals surface area contributed by atoms with E-state index < -0.39 is 15.0 Å². The molecule has 0 fully saturated rings. The van der Waals surface area contributed by atoms with Crippen LogP contribution in [0, 0.1) is 17.0 Å². The zero-order valence-corrected chi connectivity index (χ0v) is 11.9. The van der Waals surface area contributed by atoms with Gasteiger partial charge in [-0.1, -0.05) is 0 Å². The van der Waals surface area contributed by atoms with E-state index in [0.29, 0.717) is 5.56 Å². The largest absolute Gasteiger partial charge is 0.382 e. The Morgan fingerprint density at radius 2 is 1.88 bits per heavy atom. The average Bonchev–Trinajstić information content (AvgIpc) is 1.99. The third kappa shape index (κ3) is 4.93. The van der Waals surface area contributed by atoms with Crippen LogP contribution in [0.2, 0.25) is 0 Å². The number of benzene rings is 1. The van der Waals surface area contributed by atoms with E-state index in [9.17, 15) is 18.5 Å². The molecule has 16 heavy (non-hydrogen) atoms. The molecule has 1 radical (unpaired) electrons. The molecular formula is C8H9NNaO5S. The molecule has 0 amide bonds. The van der Waals surface area contributed by atoms with E-state index in [1.807, 2.05) is 0 Å². The molecule has 0 unspecified atom stereocenters. The third-order valence-electron chi connectivity index (χ3n) is 1.49. The fraction of sp³-hybridized carbons (Fsp3) is 0.250. The summed E-state index contributed by atoms with van der Waals surface area (Å²) in [5, 5.41) is 10.5. The summed E-state index contributed by atoms with van der Waals surface area (Å²) < 4.78 is 26.1. The van der Waals surface area contributed by atoms with E-state index in [4.69, 9.17) is 0 Å². The minimum Gasteiger partial charge on any atom is -0.382 e. The molecule has 1 aromatic carbocycles. The van der Waals surface area contributed by atoms with Gasteiger partial charge in [-0.2, -0.15) is 8.42 Å². The molecule has 0 aromatic heterocycles. The molecule has 0 atom stereocenters. The van der Waals surface area contributed by atoms with Crippen molar-refractivity contribution >= 4 is 45.4 Å². The zero-order valence-electron chi connectivity index (χ0n) is 9.13. The number of nitrogens with zero attached hydrogens (tertiary/aromatic N) is 1. The van der Waals surface area contributed by atoms with Gasteiger partial charge in [0.1, 0.15) is 5.75 Å². The van der Waals surface area contributed by atoms with Crippen LogP contribution >= 0.6 is 0 Å². The molecule has 1 rings (SSSR count). The van der Waals surface area contributed by atoms with Gasteiger partial charge in [0.25, 0.3) is 5.69 Å². The van der Waals surface area contributed by atoms with Gasteiger partial charge < -0.3 is 4.18 Å². The van der Waals surface area contributed by atoms with E-state index in [1.54, 1.807) is 6.92 Å². The Morgan fingerprint density at radius 3 is 2.31 bits per heavy atom. The molecule has 83 valence electrons.